The number of hydrogen-bond donors (Lipinski definition) is 8. The Balaban J connectivity index is 0.00000104. The van der Waals surface area contributed by atoms with E-state index in [-0.39, 0.29) is 70.0 Å². The number of cyclic esters (lactones) is 1. The molecule has 2 aromatic carbocycles. The number of carbonyl (C=O) groups excluding carboxylic acids is 6. The van der Waals surface area contributed by atoms with E-state index in [1.807, 2.05) is 0 Å². The first-order valence-electron chi connectivity index (χ1n) is 21.5. The molecule has 2 aliphatic heterocycles. The zero-order valence-corrected chi connectivity index (χ0v) is 37.1. The number of carboxylic acids is 1. The second kappa shape index (κ2) is 21.3. The molecule has 0 unspecified atom stereocenters. The SMILES string of the molecule is CC[C@@]1(O)C(=O)OCc2c1cc1n(c2=O)Cc2c-1nc1cc(F)c(C)c3c1c2[C@@H](NC(=O)COCCNC(=O)CNC(=O)[C@H](Cc1ccccc1)NC(=O)CNC(=O)CN)CC3.O=C(O)C(F)(F)F. The highest BCUT2D eigenvalue weighted by Crippen LogP contribution is 2.46. The molecule has 69 heavy (non-hydrogen) atoms. The van der Waals surface area contributed by atoms with Crippen molar-refractivity contribution in [2.24, 2.45) is 5.73 Å². The van der Waals surface area contributed by atoms with Crippen LogP contribution < -0.4 is 37.9 Å². The van der Waals surface area contributed by atoms with Crippen molar-refractivity contribution < 1.29 is 70.8 Å². The van der Waals surface area contributed by atoms with Crippen molar-refractivity contribution in [2.75, 3.05) is 39.4 Å². The molecule has 3 aliphatic rings. The van der Waals surface area contributed by atoms with Gasteiger partial charge < -0.3 is 56.6 Å². The van der Waals surface area contributed by atoms with Gasteiger partial charge in [-0.25, -0.2) is 19.0 Å². The predicted molar refractivity (Wildman–Crippen MR) is 233 cm³/mol. The van der Waals surface area contributed by atoms with Crippen LogP contribution in [0.3, 0.4) is 0 Å². The average molecular weight is 969 g/mol. The molecule has 20 nitrogen and oxygen atoms in total. The van der Waals surface area contributed by atoms with Gasteiger partial charge in [0, 0.05) is 35.5 Å². The highest BCUT2D eigenvalue weighted by molar-refractivity contribution is 5.95. The number of carbonyl (C=O) groups is 7. The van der Waals surface area contributed by atoms with Crippen LogP contribution >= 0.6 is 0 Å². The number of fused-ring (bicyclic) bond motifs is 5. The summed E-state index contributed by atoms with van der Waals surface area (Å²) in [5.74, 6) is -6.84. The molecule has 5 amide bonds. The molecular formula is C45H48F4N8O12. The topological polar surface area (TPSA) is 299 Å². The van der Waals surface area contributed by atoms with E-state index in [2.05, 4.69) is 26.6 Å². The third-order valence-electron chi connectivity index (χ3n) is 11.7. The van der Waals surface area contributed by atoms with Crippen LogP contribution in [-0.4, -0.2) is 113 Å². The molecule has 0 spiro atoms. The smallest absolute Gasteiger partial charge is 0.475 e. The van der Waals surface area contributed by atoms with Crippen molar-refractivity contribution >= 4 is 52.4 Å². The van der Waals surface area contributed by atoms with Gasteiger partial charge in [-0.15, -0.1) is 0 Å². The number of aliphatic hydroxyl groups is 1. The highest BCUT2D eigenvalue weighted by Gasteiger charge is 2.46. The number of nitrogens with zero attached hydrogens (tertiary/aromatic N) is 2. The molecule has 4 heterocycles. The van der Waals surface area contributed by atoms with Crippen molar-refractivity contribution in [3.8, 4) is 11.4 Å². The monoisotopic (exact) mass is 968 g/mol. The summed E-state index contributed by atoms with van der Waals surface area (Å²) in [6, 6.07) is 10.2. The van der Waals surface area contributed by atoms with Gasteiger partial charge in [0.05, 0.1) is 61.3 Å². The Morgan fingerprint density at radius 2 is 1.68 bits per heavy atom. The zero-order chi connectivity index (χ0) is 50.4. The van der Waals surface area contributed by atoms with Crippen molar-refractivity contribution in [3.05, 3.63) is 97.6 Å². The molecule has 4 aromatic rings. The van der Waals surface area contributed by atoms with Crippen LogP contribution in [0.2, 0.25) is 0 Å². The van der Waals surface area contributed by atoms with E-state index < -0.39 is 83.3 Å². The normalized spacial score (nSPS) is 16.9. The minimum atomic E-state index is -5.08. The van der Waals surface area contributed by atoms with Gasteiger partial charge in [-0.2, -0.15) is 13.2 Å². The van der Waals surface area contributed by atoms with Crippen LogP contribution in [0.1, 0.15) is 64.8 Å². The largest absolute Gasteiger partial charge is 0.490 e. The van der Waals surface area contributed by atoms with E-state index in [9.17, 15) is 51.8 Å². The van der Waals surface area contributed by atoms with Gasteiger partial charge >= 0.3 is 18.1 Å². The molecule has 0 bridgehead atoms. The Bertz CT molecular complexity index is 2770. The first kappa shape index (κ1) is 51.1. The molecule has 0 fully saturated rings. The van der Waals surface area contributed by atoms with E-state index in [1.165, 1.54) is 10.6 Å². The standard InChI is InChI=1S/C43H47FN8O10.C2HF3O2/c1-3-43(60)27-14-32-39-25(19-52(32)41(58)26(27)20-62-42(43)59)38-29(10-9-24-22(2)28(44)15-30(51-39)37(24)38)49-36(56)21-61-12-11-46-34(54)17-48-40(57)31(13-23-7-5-4-6-8-23)50-35(55)18-47-33(53)16-45;3-2(4,5)1(6)7/h4-8,14-15,29,31,60H,3,9-13,16-21,45H2,1-2H3,(H,46,54)(H,47,53)(H,48,57)(H,49,56)(H,50,55);(H,6,7)/t29-,31-,43-;/m0./s1. The lowest BCUT2D eigenvalue weighted by molar-refractivity contribution is -0.192. The minimum Gasteiger partial charge on any atom is -0.475 e. The molecule has 0 saturated carbocycles. The fourth-order valence-corrected chi connectivity index (χ4v) is 8.27. The number of halogens is 4. The molecule has 0 radical (unpaired) electrons. The number of nitrogens with one attached hydrogen (secondary N) is 5. The fraction of sp³-hybridized carbons (Fsp3) is 0.400. The van der Waals surface area contributed by atoms with Crippen LogP contribution in [0, 0.1) is 12.7 Å². The number of hydrogen-bond acceptors (Lipinski definition) is 13. The van der Waals surface area contributed by atoms with Crippen molar-refractivity contribution in [1.29, 1.82) is 0 Å². The Kier molecular flexibility index (Phi) is 15.8. The predicted octanol–water partition coefficient (Wildman–Crippen LogP) is 0.315. The van der Waals surface area contributed by atoms with Gasteiger partial charge in [0.1, 0.15) is 25.1 Å². The van der Waals surface area contributed by atoms with E-state index >= 15 is 4.39 Å². The van der Waals surface area contributed by atoms with E-state index in [1.54, 1.807) is 50.2 Å². The van der Waals surface area contributed by atoms with Gasteiger partial charge in [-0.1, -0.05) is 37.3 Å². The Labute approximate surface area is 389 Å². The third kappa shape index (κ3) is 11.4. The number of alkyl halides is 3. The summed E-state index contributed by atoms with van der Waals surface area (Å²) < 4.78 is 59.3. The molecule has 0 saturated heterocycles. The van der Waals surface area contributed by atoms with E-state index in [0.29, 0.717) is 51.8 Å². The van der Waals surface area contributed by atoms with Crippen molar-refractivity contribution in [2.45, 2.75) is 76.5 Å². The number of carboxylic acid groups (broad SMARTS) is 1. The lowest BCUT2D eigenvalue weighted by Crippen LogP contribution is -2.52. The number of aliphatic carboxylic acids is 1. The molecule has 9 N–H and O–H groups in total. The summed E-state index contributed by atoms with van der Waals surface area (Å²) in [4.78, 5) is 103. The summed E-state index contributed by atoms with van der Waals surface area (Å²) in [6.07, 6.45) is -4.13. The van der Waals surface area contributed by atoms with Gasteiger partial charge in [-0.3, -0.25) is 28.8 Å². The number of aryl methyl sites for hydroxylation is 1. The minimum absolute atomic E-state index is 0.00785. The quantitative estimate of drug-likeness (QED) is 0.0376. The zero-order valence-electron chi connectivity index (χ0n) is 37.1. The van der Waals surface area contributed by atoms with Gasteiger partial charge in [0.25, 0.3) is 5.56 Å². The van der Waals surface area contributed by atoms with Gasteiger partial charge in [0.15, 0.2) is 5.60 Å². The number of amides is 5. The number of aromatic nitrogens is 2. The molecular weight excluding hydrogens is 921 g/mol. The number of pyridine rings is 2. The van der Waals surface area contributed by atoms with Crippen LogP contribution in [0.25, 0.3) is 22.3 Å². The van der Waals surface area contributed by atoms with Crippen LogP contribution in [0.15, 0.2) is 47.3 Å². The summed E-state index contributed by atoms with van der Waals surface area (Å²) in [5.41, 5.74) is 7.50. The first-order chi connectivity index (χ1) is 32.7. The highest BCUT2D eigenvalue weighted by atomic mass is 19.4. The molecule has 2 aromatic heterocycles. The fourth-order valence-electron chi connectivity index (χ4n) is 8.27. The summed E-state index contributed by atoms with van der Waals surface area (Å²) >= 11 is 0. The second-order valence-corrected chi connectivity index (χ2v) is 16.2. The third-order valence-corrected chi connectivity index (χ3v) is 11.7. The molecule has 3 atom stereocenters. The lowest BCUT2D eigenvalue weighted by Gasteiger charge is -2.31. The summed E-state index contributed by atoms with van der Waals surface area (Å²) in [6.45, 7) is 1.59. The second-order valence-electron chi connectivity index (χ2n) is 16.2. The van der Waals surface area contributed by atoms with E-state index in [4.69, 9.17) is 30.1 Å². The number of ether oxygens (including phenoxy) is 2. The number of nitrogens with two attached hydrogens (primary N) is 1. The first-order valence-corrected chi connectivity index (χ1v) is 21.5. The molecule has 1 aliphatic carbocycles. The molecule has 24 heteroatoms. The van der Waals surface area contributed by atoms with Gasteiger partial charge in [-0.05, 0) is 54.5 Å². The summed E-state index contributed by atoms with van der Waals surface area (Å²) in [5, 5.41) is 32.2. The van der Waals surface area contributed by atoms with Crippen LogP contribution in [-0.2, 0) is 74.6 Å². The number of esters is 1. The maximum Gasteiger partial charge on any atom is 0.490 e. The summed E-state index contributed by atoms with van der Waals surface area (Å²) in [7, 11) is 0. The van der Waals surface area contributed by atoms with Crippen molar-refractivity contribution in [3.63, 3.8) is 0 Å². The van der Waals surface area contributed by atoms with E-state index in [0.717, 1.165) is 11.1 Å². The maximum absolute atomic E-state index is 15.3. The lowest BCUT2D eigenvalue weighted by atomic mass is 9.81. The number of benzene rings is 2. The Morgan fingerprint density at radius 1 is 0.986 bits per heavy atom. The Morgan fingerprint density at radius 3 is 2.35 bits per heavy atom. The average Bonchev–Trinajstić information content (AvgIpc) is 3.69. The van der Waals surface area contributed by atoms with Crippen LogP contribution in [0.5, 0.6) is 0 Å². The Hall–Kier alpha value is -7.31. The van der Waals surface area contributed by atoms with Gasteiger partial charge in [0.2, 0.25) is 29.5 Å². The van der Waals surface area contributed by atoms with Crippen LogP contribution in [0.4, 0.5) is 17.6 Å². The molecule has 7 rings (SSSR count). The van der Waals surface area contributed by atoms with Crippen molar-refractivity contribution in [1.82, 2.24) is 36.1 Å². The number of rotatable bonds is 16. The maximum atomic E-state index is 15.3. The molecule has 368 valence electrons.